The lowest BCUT2D eigenvalue weighted by atomic mass is 10.1. The maximum atomic E-state index is 12.7. The van der Waals surface area contributed by atoms with Gasteiger partial charge < -0.3 is 10.6 Å². The highest BCUT2D eigenvalue weighted by Crippen LogP contribution is 2.16. The van der Waals surface area contributed by atoms with E-state index in [9.17, 15) is 18.0 Å². The van der Waals surface area contributed by atoms with E-state index >= 15 is 0 Å². The molecule has 1 fully saturated rings. The van der Waals surface area contributed by atoms with Crippen LogP contribution in [0.4, 0.5) is 0 Å². The largest absolute Gasteiger partial charge is 0.347 e. The average Bonchev–Trinajstić information content (AvgIpc) is 3.00. The number of nitrogens with one attached hydrogen (secondary N) is 2. The predicted molar refractivity (Wildman–Crippen MR) is 109 cm³/mol. The quantitative estimate of drug-likeness (QED) is 0.729. The SMILES string of the molecule is O=C(N[C@@H]1CCS(=O)(=O)C1)/C(=C/c1ccccc1)NC(=O)c1ccccc1Cl. The number of carbonyl (C=O) groups excluding carboxylic acids is 2. The summed E-state index contributed by atoms with van der Waals surface area (Å²) in [7, 11) is -3.14. The molecule has 0 aliphatic carbocycles. The number of hydrogen-bond acceptors (Lipinski definition) is 4. The first-order chi connectivity index (χ1) is 13.3. The van der Waals surface area contributed by atoms with Gasteiger partial charge in [0.25, 0.3) is 11.8 Å². The summed E-state index contributed by atoms with van der Waals surface area (Å²) in [4.78, 5) is 25.3. The van der Waals surface area contributed by atoms with Crippen LogP contribution in [0.2, 0.25) is 5.02 Å². The third-order valence-corrected chi connectivity index (χ3v) is 6.39. The number of benzene rings is 2. The molecule has 2 N–H and O–H groups in total. The van der Waals surface area contributed by atoms with Crippen molar-refractivity contribution in [2.45, 2.75) is 12.5 Å². The number of rotatable bonds is 5. The minimum Gasteiger partial charge on any atom is -0.347 e. The lowest BCUT2D eigenvalue weighted by Gasteiger charge is -2.15. The number of halogens is 1. The first-order valence-electron chi connectivity index (χ1n) is 8.68. The van der Waals surface area contributed by atoms with Gasteiger partial charge >= 0.3 is 0 Å². The molecule has 0 bridgehead atoms. The molecule has 6 nitrogen and oxygen atoms in total. The second-order valence-electron chi connectivity index (χ2n) is 6.48. The van der Waals surface area contributed by atoms with Gasteiger partial charge in [-0.2, -0.15) is 0 Å². The van der Waals surface area contributed by atoms with Crippen molar-refractivity contribution in [2.24, 2.45) is 0 Å². The van der Waals surface area contributed by atoms with Crippen molar-refractivity contribution in [2.75, 3.05) is 11.5 Å². The van der Waals surface area contributed by atoms with Crippen molar-refractivity contribution in [3.63, 3.8) is 0 Å². The van der Waals surface area contributed by atoms with E-state index < -0.39 is 27.7 Å². The Morgan fingerprint density at radius 1 is 1.04 bits per heavy atom. The van der Waals surface area contributed by atoms with Gasteiger partial charge in [-0.15, -0.1) is 0 Å². The van der Waals surface area contributed by atoms with Crippen molar-refractivity contribution >= 4 is 39.3 Å². The molecule has 28 heavy (non-hydrogen) atoms. The highest BCUT2D eigenvalue weighted by atomic mass is 35.5. The summed E-state index contributed by atoms with van der Waals surface area (Å²) in [5.74, 6) is -1.13. The minimum atomic E-state index is -3.14. The molecule has 2 aromatic rings. The van der Waals surface area contributed by atoms with Crippen LogP contribution >= 0.6 is 11.6 Å². The molecule has 3 rings (SSSR count). The van der Waals surface area contributed by atoms with Crippen LogP contribution in [-0.4, -0.2) is 37.8 Å². The molecule has 1 aliphatic rings. The fourth-order valence-electron chi connectivity index (χ4n) is 2.88. The zero-order valence-electron chi connectivity index (χ0n) is 14.9. The van der Waals surface area contributed by atoms with Crippen molar-refractivity contribution in [3.05, 3.63) is 76.4 Å². The Bertz CT molecular complexity index is 1020. The van der Waals surface area contributed by atoms with Gasteiger partial charge in [0.05, 0.1) is 22.1 Å². The molecule has 2 amide bonds. The third-order valence-electron chi connectivity index (χ3n) is 4.29. The summed E-state index contributed by atoms with van der Waals surface area (Å²) in [6.07, 6.45) is 1.89. The first kappa shape index (κ1) is 20.1. The maximum absolute atomic E-state index is 12.7. The van der Waals surface area contributed by atoms with Crippen LogP contribution in [-0.2, 0) is 14.6 Å². The standard InChI is InChI=1S/C20H19ClN2O4S/c21-17-9-5-4-8-16(17)19(24)23-18(12-14-6-2-1-3-7-14)20(25)22-15-10-11-28(26,27)13-15/h1-9,12,15H,10-11,13H2,(H,22,25)(H,23,24)/b18-12-/t15-/m1/s1. The van der Waals surface area contributed by atoms with E-state index in [1.807, 2.05) is 6.07 Å². The van der Waals surface area contributed by atoms with Crippen LogP contribution in [0.15, 0.2) is 60.3 Å². The van der Waals surface area contributed by atoms with Crippen molar-refractivity contribution in [3.8, 4) is 0 Å². The molecule has 2 aromatic carbocycles. The Labute approximate surface area is 168 Å². The second-order valence-corrected chi connectivity index (χ2v) is 9.11. The molecule has 0 radical (unpaired) electrons. The van der Waals surface area contributed by atoms with Gasteiger partial charge in [-0.1, -0.05) is 54.1 Å². The summed E-state index contributed by atoms with van der Waals surface area (Å²) in [6, 6.07) is 15.1. The van der Waals surface area contributed by atoms with Gasteiger partial charge in [0.2, 0.25) is 0 Å². The molecule has 1 aliphatic heterocycles. The van der Waals surface area contributed by atoms with Gasteiger partial charge in [-0.25, -0.2) is 8.42 Å². The molecular weight excluding hydrogens is 400 g/mol. The van der Waals surface area contributed by atoms with Crippen LogP contribution in [0, 0.1) is 0 Å². The number of amides is 2. The zero-order chi connectivity index (χ0) is 20.1. The van der Waals surface area contributed by atoms with E-state index in [0.717, 1.165) is 0 Å². The van der Waals surface area contributed by atoms with Crippen LogP contribution in [0.1, 0.15) is 22.3 Å². The van der Waals surface area contributed by atoms with E-state index in [2.05, 4.69) is 10.6 Å². The third kappa shape index (κ3) is 5.21. The highest BCUT2D eigenvalue weighted by Gasteiger charge is 2.30. The summed E-state index contributed by atoms with van der Waals surface area (Å²) in [6.45, 7) is 0. The topological polar surface area (TPSA) is 92.3 Å². The van der Waals surface area contributed by atoms with Crippen LogP contribution < -0.4 is 10.6 Å². The van der Waals surface area contributed by atoms with E-state index in [-0.39, 0.29) is 27.8 Å². The van der Waals surface area contributed by atoms with E-state index in [0.29, 0.717) is 12.0 Å². The van der Waals surface area contributed by atoms with Gasteiger partial charge in [0.15, 0.2) is 9.84 Å². The zero-order valence-corrected chi connectivity index (χ0v) is 16.5. The van der Waals surface area contributed by atoms with E-state index in [4.69, 9.17) is 11.6 Å². The minimum absolute atomic E-state index is 0.0143. The fraction of sp³-hybridized carbons (Fsp3) is 0.200. The highest BCUT2D eigenvalue weighted by molar-refractivity contribution is 7.91. The summed E-state index contributed by atoms with van der Waals surface area (Å²) in [5, 5.41) is 5.55. The predicted octanol–water partition coefficient (Wildman–Crippen LogP) is 2.41. The second kappa shape index (κ2) is 8.58. The Kier molecular flexibility index (Phi) is 6.16. The van der Waals surface area contributed by atoms with Gasteiger partial charge in [-0.3, -0.25) is 9.59 Å². The number of carbonyl (C=O) groups is 2. The Balaban J connectivity index is 1.83. The molecule has 1 atom stereocenters. The first-order valence-corrected chi connectivity index (χ1v) is 10.9. The lowest BCUT2D eigenvalue weighted by Crippen LogP contribution is -2.41. The monoisotopic (exact) mass is 418 g/mol. The summed E-state index contributed by atoms with van der Waals surface area (Å²) >= 11 is 6.06. The number of sulfone groups is 1. The van der Waals surface area contributed by atoms with Crippen molar-refractivity contribution in [1.29, 1.82) is 0 Å². The van der Waals surface area contributed by atoms with Crippen molar-refractivity contribution < 1.29 is 18.0 Å². The van der Waals surface area contributed by atoms with Gasteiger partial charge in [0.1, 0.15) is 5.70 Å². The Hall–Kier alpha value is -2.64. The molecule has 146 valence electrons. The molecular formula is C20H19ClN2O4S. The van der Waals surface area contributed by atoms with Crippen LogP contribution in [0.25, 0.3) is 6.08 Å². The summed E-state index contributed by atoms with van der Waals surface area (Å²) in [5.41, 5.74) is 0.964. The lowest BCUT2D eigenvalue weighted by molar-refractivity contribution is -0.118. The molecule has 1 heterocycles. The summed E-state index contributed by atoms with van der Waals surface area (Å²) < 4.78 is 23.3. The van der Waals surface area contributed by atoms with Crippen molar-refractivity contribution in [1.82, 2.24) is 10.6 Å². The fourth-order valence-corrected chi connectivity index (χ4v) is 4.78. The molecule has 0 aromatic heterocycles. The maximum Gasteiger partial charge on any atom is 0.268 e. The van der Waals surface area contributed by atoms with E-state index in [1.54, 1.807) is 48.5 Å². The normalized spacial score (nSPS) is 18.5. The Morgan fingerprint density at radius 3 is 2.36 bits per heavy atom. The Morgan fingerprint density at radius 2 is 1.71 bits per heavy atom. The molecule has 0 unspecified atom stereocenters. The smallest absolute Gasteiger partial charge is 0.268 e. The van der Waals surface area contributed by atoms with E-state index in [1.165, 1.54) is 6.08 Å². The molecule has 0 saturated carbocycles. The molecule has 0 spiro atoms. The average molecular weight is 419 g/mol. The van der Waals surface area contributed by atoms with Gasteiger partial charge in [0, 0.05) is 6.04 Å². The van der Waals surface area contributed by atoms with Crippen LogP contribution in [0.5, 0.6) is 0 Å². The number of hydrogen-bond donors (Lipinski definition) is 2. The van der Waals surface area contributed by atoms with Crippen LogP contribution in [0.3, 0.4) is 0 Å². The van der Waals surface area contributed by atoms with Gasteiger partial charge in [-0.05, 0) is 30.2 Å². The molecule has 8 heteroatoms. The molecule has 1 saturated heterocycles.